The van der Waals surface area contributed by atoms with Crippen molar-refractivity contribution in [1.29, 1.82) is 0 Å². The lowest BCUT2D eigenvalue weighted by Gasteiger charge is -2.11. The molecule has 3 N–H and O–H groups in total. The van der Waals surface area contributed by atoms with E-state index in [2.05, 4.69) is 15.3 Å². The highest BCUT2D eigenvalue weighted by Gasteiger charge is 2.33. The van der Waals surface area contributed by atoms with Gasteiger partial charge in [-0.1, -0.05) is 56.4 Å². The van der Waals surface area contributed by atoms with Crippen LogP contribution >= 0.6 is 10.5 Å². The first-order chi connectivity index (χ1) is 19.2. The Bertz CT molecular complexity index is 1420. The second-order valence-electron chi connectivity index (χ2n) is 7.65. The van der Waals surface area contributed by atoms with Crippen molar-refractivity contribution in [2.75, 3.05) is 20.3 Å². The number of nitrogens with two attached hydrogens (primary N) is 1. The van der Waals surface area contributed by atoms with E-state index in [4.69, 9.17) is 19.6 Å². The van der Waals surface area contributed by atoms with Crippen LogP contribution in [-0.4, -0.2) is 36.1 Å². The number of alkyl halides is 3. The molecular weight excluding hydrogens is 545 g/mol. The number of ether oxygens (including phenoxy) is 2. The molecule has 0 bridgehead atoms. The van der Waals surface area contributed by atoms with Gasteiger partial charge in [-0.3, -0.25) is 4.79 Å². The van der Waals surface area contributed by atoms with Crippen LogP contribution in [-0.2, 0) is 10.9 Å². The molecule has 2 atom stereocenters. The molecule has 1 aliphatic heterocycles. The van der Waals surface area contributed by atoms with E-state index < -0.39 is 34.3 Å². The van der Waals surface area contributed by atoms with E-state index in [1.165, 1.54) is 19.3 Å². The normalized spacial score (nSPS) is 14.6. The molecule has 2 aromatic heterocycles. The number of aromatic nitrogens is 2. The summed E-state index contributed by atoms with van der Waals surface area (Å²) in [7, 11) is 0.301. The lowest BCUT2D eigenvalue weighted by atomic mass is 10.2. The van der Waals surface area contributed by atoms with Crippen LogP contribution in [0.1, 0.15) is 62.6 Å². The molecule has 1 aromatic carbocycles. The molecule has 1 unspecified atom stereocenters. The molecule has 12 heteroatoms. The van der Waals surface area contributed by atoms with Crippen LogP contribution in [0.5, 0.6) is 5.75 Å². The molecule has 0 fully saturated rings. The van der Waals surface area contributed by atoms with Gasteiger partial charge >= 0.3 is 6.18 Å². The number of hydrogen-bond donors (Lipinski definition) is 2. The first kappa shape index (κ1) is 32.6. The fourth-order valence-corrected chi connectivity index (χ4v) is 5.02. The van der Waals surface area contributed by atoms with Gasteiger partial charge < -0.3 is 24.9 Å². The predicted octanol–water partition coefficient (Wildman–Crippen LogP) is 5.83. The number of methoxy groups -OCH3 is 1. The Morgan fingerprint density at radius 3 is 2.38 bits per heavy atom. The standard InChI is InChI=1S/C24H23F3N4O4S.2C2H6/c1-14(28)21-20(22(32)29-11-12-34-15-6-4-3-5-7-15)31-23(35-21)36-13-10-16(33-2)19-17(36)8-9-18(30-19)24(25,26)27;2*1-2/h3-10,13-14H,11-12,28H2,1-2H3,(H,29,32);2*1-2H3/t14-,36?;;/m0../s1. The molecule has 3 aromatic rings. The fourth-order valence-electron chi connectivity index (χ4n) is 3.37. The molecule has 8 nitrogen and oxygen atoms in total. The summed E-state index contributed by atoms with van der Waals surface area (Å²) in [5.74, 6) is 0.504. The van der Waals surface area contributed by atoms with Crippen molar-refractivity contribution < 1.29 is 31.9 Å². The number of carbonyl (C=O) groups excluding carboxylic acids is 1. The number of carbonyl (C=O) groups is 1. The van der Waals surface area contributed by atoms with Gasteiger partial charge in [0.05, 0.1) is 19.7 Å². The van der Waals surface area contributed by atoms with E-state index in [-0.39, 0.29) is 40.9 Å². The third-order valence-electron chi connectivity index (χ3n) is 5.04. The molecule has 0 saturated carbocycles. The van der Waals surface area contributed by atoms with E-state index >= 15 is 0 Å². The van der Waals surface area contributed by atoms with E-state index in [9.17, 15) is 18.0 Å². The minimum atomic E-state index is -4.62. The molecule has 1 amide bonds. The molecule has 0 radical (unpaired) electrons. The van der Waals surface area contributed by atoms with Crippen molar-refractivity contribution in [1.82, 2.24) is 15.3 Å². The lowest BCUT2D eigenvalue weighted by molar-refractivity contribution is -0.141. The zero-order chi connectivity index (χ0) is 29.9. The number of rotatable bonds is 8. The van der Waals surface area contributed by atoms with Crippen LogP contribution in [0.3, 0.4) is 0 Å². The highest BCUT2D eigenvalue weighted by atomic mass is 32.2. The number of para-hydroxylation sites is 1. The summed E-state index contributed by atoms with van der Waals surface area (Å²) >= 11 is 0. The predicted molar refractivity (Wildman–Crippen MR) is 149 cm³/mol. The Morgan fingerprint density at radius 1 is 1.10 bits per heavy atom. The van der Waals surface area contributed by atoms with Crippen LogP contribution in [0.4, 0.5) is 13.2 Å². The number of amides is 1. The average molecular weight is 581 g/mol. The molecule has 1 aliphatic rings. The third-order valence-corrected chi connectivity index (χ3v) is 6.81. The monoisotopic (exact) mass is 580 g/mol. The molecule has 3 heterocycles. The van der Waals surface area contributed by atoms with Gasteiger partial charge in [-0.25, -0.2) is 4.98 Å². The first-order valence-electron chi connectivity index (χ1n) is 12.8. The summed E-state index contributed by atoms with van der Waals surface area (Å²) in [6.45, 7) is 10.1. The second-order valence-corrected chi connectivity index (χ2v) is 9.39. The number of halogens is 3. The first-order valence-corrected chi connectivity index (χ1v) is 14.1. The van der Waals surface area contributed by atoms with Crippen LogP contribution in [0.2, 0.25) is 0 Å². The number of nitrogens with one attached hydrogen (secondary N) is 1. The van der Waals surface area contributed by atoms with Gasteiger partial charge in [-0.15, -0.1) is 0 Å². The summed E-state index contributed by atoms with van der Waals surface area (Å²) in [4.78, 5) is 21.0. The van der Waals surface area contributed by atoms with Crippen molar-refractivity contribution in [3.63, 3.8) is 0 Å². The van der Waals surface area contributed by atoms with Gasteiger partial charge in [0, 0.05) is 4.51 Å². The van der Waals surface area contributed by atoms with Gasteiger partial charge in [0.1, 0.15) is 29.2 Å². The lowest BCUT2D eigenvalue weighted by Crippen LogP contribution is -2.29. The Balaban J connectivity index is 0.00000134. The fraction of sp³-hybridized carbons (Fsp3) is 0.357. The van der Waals surface area contributed by atoms with Crippen LogP contribution in [0.15, 0.2) is 63.6 Å². The summed E-state index contributed by atoms with van der Waals surface area (Å²) < 4.78 is 56.8. The van der Waals surface area contributed by atoms with Gasteiger partial charge in [-0.2, -0.15) is 18.2 Å². The molecule has 0 saturated heterocycles. The van der Waals surface area contributed by atoms with Crippen molar-refractivity contribution in [3.05, 3.63) is 81.0 Å². The maximum absolute atomic E-state index is 13.2. The molecular formula is C28H35F3N4O4S. The van der Waals surface area contributed by atoms with E-state index in [0.717, 1.165) is 6.07 Å². The van der Waals surface area contributed by atoms with E-state index in [1.54, 1.807) is 24.5 Å². The smallest absolute Gasteiger partial charge is 0.433 e. The summed E-state index contributed by atoms with van der Waals surface area (Å²) in [6.07, 6.45) is -3.11. The average Bonchev–Trinajstić information content (AvgIpc) is 3.42. The maximum Gasteiger partial charge on any atom is 0.433 e. The van der Waals surface area contributed by atoms with Crippen molar-refractivity contribution >= 4 is 22.2 Å². The molecule has 0 aliphatic carbocycles. The Hall–Kier alpha value is -3.64. The summed E-state index contributed by atoms with van der Waals surface area (Å²) in [5.41, 5.74) is 4.98. The molecule has 4 rings (SSSR count). The highest BCUT2D eigenvalue weighted by Crippen LogP contribution is 2.35. The number of hydrogen-bond acceptors (Lipinski definition) is 7. The van der Waals surface area contributed by atoms with Crippen LogP contribution in [0.25, 0.3) is 5.76 Å². The quantitative estimate of drug-likeness (QED) is 0.255. The Morgan fingerprint density at radius 2 is 1.77 bits per heavy atom. The van der Waals surface area contributed by atoms with Crippen LogP contribution < -0.4 is 21.1 Å². The number of nitrogens with zero attached hydrogens (tertiary/aromatic N) is 2. The zero-order valence-electron chi connectivity index (χ0n) is 23.3. The zero-order valence-corrected chi connectivity index (χ0v) is 24.2. The van der Waals surface area contributed by atoms with Crippen molar-refractivity contribution in [3.8, 4) is 5.75 Å². The van der Waals surface area contributed by atoms with Gasteiger partial charge in [0.2, 0.25) is 0 Å². The molecule has 218 valence electrons. The molecule has 0 spiro atoms. The number of pyridine rings is 1. The van der Waals surface area contributed by atoms with Crippen LogP contribution in [0, 0.1) is 4.51 Å². The molecule has 40 heavy (non-hydrogen) atoms. The summed E-state index contributed by atoms with van der Waals surface area (Å²) in [5, 5.41) is 4.56. The number of oxazole rings is 1. The number of fused-ring (bicyclic) bond motifs is 1. The van der Waals surface area contributed by atoms with Gasteiger partial charge in [0.25, 0.3) is 11.1 Å². The maximum atomic E-state index is 13.2. The third kappa shape index (κ3) is 7.95. The Kier molecular flexibility index (Phi) is 12.4. The van der Waals surface area contributed by atoms with Crippen molar-refractivity contribution in [2.24, 2.45) is 5.73 Å². The van der Waals surface area contributed by atoms with E-state index in [0.29, 0.717) is 10.3 Å². The largest absolute Gasteiger partial charge is 0.494 e. The van der Waals surface area contributed by atoms with Crippen molar-refractivity contribution in [2.45, 2.75) is 52.1 Å². The Labute approximate surface area is 234 Å². The van der Waals surface area contributed by atoms with Gasteiger partial charge in [-0.05, 0) is 42.7 Å². The highest BCUT2D eigenvalue weighted by molar-refractivity contribution is 8.12. The summed E-state index contributed by atoms with van der Waals surface area (Å²) in [6, 6.07) is 10.7. The minimum absolute atomic E-state index is 0.00329. The minimum Gasteiger partial charge on any atom is -0.494 e. The van der Waals surface area contributed by atoms with E-state index in [1.807, 2.05) is 45.9 Å². The second kappa shape index (κ2) is 15.2. The topological polar surface area (TPSA) is 112 Å². The number of benzene rings is 1. The van der Waals surface area contributed by atoms with Gasteiger partial charge in [0.15, 0.2) is 11.5 Å². The SMILES string of the molecule is CC.CC.COC1=c2nc(C(F)(F)F)ccc2=S(c2nc(C(=O)NCCOc3ccccc3)c([C@H](C)N)o2)C=C1.